The van der Waals surface area contributed by atoms with Crippen LogP contribution < -0.4 is 10.1 Å². The molecule has 1 aliphatic heterocycles. The molecule has 0 atom stereocenters. The summed E-state index contributed by atoms with van der Waals surface area (Å²) >= 11 is 0. The summed E-state index contributed by atoms with van der Waals surface area (Å²) in [6.07, 6.45) is 5.64. The van der Waals surface area contributed by atoms with Crippen molar-refractivity contribution in [1.29, 1.82) is 0 Å². The highest BCUT2D eigenvalue weighted by molar-refractivity contribution is 5.83. The number of nitrogens with one attached hydrogen (secondary N) is 1. The molecule has 2 aromatic carbocycles. The molecule has 0 spiro atoms. The molecule has 3 heterocycles. The Hall–Kier alpha value is -3.71. The predicted molar refractivity (Wildman–Crippen MR) is 148 cm³/mol. The van der Waals surface area contributed by atoms with E-state index in [1.165, 1.54) is 24.8 Å². The summed E-state index contributed by atoms with van der Waals surface area (Å²) < 4.78 is 8.18. The Morgan fingerprint density at radius 3 is 2.65 bits per heavy atom. The van der Waals surface area contributed by atoms with Gasteiger partial charge in [-0.05, 0) is 67.7 Å². The van der Waals surface area contributed by atoms with E-state index in [4.69, 9.17) is 9.72 Å². The average Bonchev–Trinajstić information content (AvgIpc) is 3.19. The van der Waals surface area contributed by atoms with Crippen LogP contribution in [0.3, 0.4) is 0 Å². The van der Waals surface area contributed by atoms with Crippen LogP contribution in [-0.2, 0) is 18.3 Å². The zero-order valence-electron chi connectivity index (χ0n) is 21.9. The number of piperidine rings is 1. The Labute approximate surface area is 218 Å². The topological polar surface area (TPSA) is 72.3 Å². The van der Waals surface area contributed by atoms with Crippen molar-refractivity contribution in [2.45, 2.75) is 45.4 Å². The molecule has 1 N–H and O–H groups in total. The molecular weight excluding hydrogens is 462 g/mol. The molecule has 7 nitrogen and oxygen atoms in total. The normalized spacial score (nSPS) is 14.3. The van der Waals surface area contributed by atoms with Gasteiger partial charge < -0.3 is 14.6 Å². The highest BCUT2D eigenvalue weighted by Gasteiger charge is 2.15. The maximum atomic E-state index is 12.6. The van der Waals surface area contributed by atoms with Gasteiger partial charge in [0.05, 0.1) is 29.7 Å². The molecule has 4 aromatic rings. The Morgan fingerprint density at radius 1 is 1.03 bits per heavy atom. The monoisotopic (exact) mass is 497 g/mol. The Kier molecular flexibility index (Phi) is 7.51. The molecular formula is C30H35N5O2. The van der Waals surface area contributed by atoms with Crippen LogP contribution in [0.15, 0.2) is 60.8 Å². The lowest BCUT2D eigenvalue weighted by Crippen LogP contribution is -2.35. The summed E-state index contributed by atoms with van der Waals surface area (Å²) in [4.78, 5) is 24.0. The van der Waals surface area contributed by atoms with Crippen molar-refractivity contribution in [3.8, 4) is 11.5 Å². The maximum Gasteiger partial charge on any atom is 0.208 e. The maximum absolute atomic E-state index is 12.6. The summed E-state index contributed by atoms with van der Waals surface area (Å²) in [6, 6.07) is 18.0. The minimum absolute atomic E-state index is 0.195. The zero-order valence-corrected chi connectivity index (χ0v) is 21.9. The van der Waals surface area contributed by atoms with Crippen molar-refractivity contribution in [2.75, 3.05) is 25.0 Å². The van der Waals surface area contributed by atoms with Crippen molar-refractivity contribution in [3.05, 3.63) is 72.1 Å². The minimum Gasteiger partial charge on any atom is -0.457 e. The standard InChI is InChI=1S/C30H35N5O2/c1-21(2)22-8-7-9-23(16-22)32-30-33-28-19-26(10-11-29(28)34(30)3)37-27-12-13-31-24(18-27)17-25(36)20-35-14-5-4-6-15-35/h7-13,16,18-19,21H,4-6,14-15,17,20H2,1-3H3,(H,32,33). The van der Waals surface area contributed by atoms with Gasteiger partial charge in [0.15, 0.2) is 5.78 Å². The Balaban J connectivity index is 1.27. The van der Waals surface area contributed by atoms with Crippen LogP contribution in [0.25, 0.3) is 11.0 Å². The molecule has 192 valence electrons. The highest BCUT2D eigenvalue weighted by atomic mass is 16.5. The Morgan fingerprint density at radius 2 is 1.84 bits per heavy atom. The third-order valence-electron chi connectivity index (χ3n) is 6.91. The van der Waals surface area contributed by atoms with Crippen LogP contribution in [0.5, 0.6) is 11.5 Å². The molecule has 0 radical (unpaired) electrons. The van der Waals surface area contributed by atoms with Gasteiger partial charge in [0.1, 0.15) is 11.5 Å². The fourth-order valence-corrected chi connectivity index (χ4v) is 4.84. The number of carbonyl (C=O) groups excluding carboxylic acids is 1. The largest absolute Gasteiger partial charge is 0.457 e. The first-order valence-corrected chi connectivity index (χ1v) is 13.1. The number of Topliss-reactive ketones (excluding diaryl/α,β-unsaturated/α-hetero) is 1. The van der Waals surface area contributed by atoms with Gasteiger partial charge in [0.2, 0.25) is 5.95 Å². The van der Waals surface area contributed by atoms with Gasteiger partial charge in [0.25, 0.3) is 0 Å². The van der Waals surface area contributed by atoms with Crippen molar-refractivity contribution in [1.82, 2.24) is 19.4 Å². The first-order chi connectivity index (χ1) is 17.9. The van der Waals surface area contributed by atoms with Crippen LogP contribution in [0, 0.1) is 0 Å². The van der Waals surface area contributed by atoms with E-state index in [0.29, 0.717) is 30.4 Å². The van der Waals surface area contributed by atoms with Crippen molar-refractivity contribution in [3.63, 3.8) is 0 Å². The zero-order chi connectivity index (χ0) is 25.8. The van der Waals surface area contributed by atoms with Gasteiger partial charge in [-0.25, -0.2) is 4.98 Å². The SMILES string of the molecule is CC(C)c1cccc(Nc2nc3cc(Oc4ccnc(CC(=O)CN5CCCCC5)c4)ccc3n2C)c1. The molecule has 1 aliphatic rings. The second-order valence-corrected chi connectivity index (χ2v) is 10.2. The van der Waals surface area contributed by atoms with E-state index < -0.39 is 0 Å². The van der Waals surface area contributed by atoms with E-state index >= 15 is 0 Å². The van der Waals surface area contributed by atoms with E-state index in [1.54, 1.807) is 6.20 Å². The summed E-state index contributed by atoms with van der Waals surface area (Å²) in [7, 11) is 2.00. The predicted octanol–water partition coefficient (Wildman–Crippen LogP) is 6.23. The molecule has 0 saturated carbocycles. The number of ketones is 1. The molecule has 0 bridgehead atoms. The molecule has 5 rings (SSSR count). The lowest BCUT2D eigenvalue weighted by Gasteiger charge is -2.25. The number of ether oxygens (including phenoxy) is 1. The lowest BCUT2D eigenvalue weighted by molar-refractivity contribution is -0.119. The van der Waals surface area contributed by atoms with Crippen molar-refractivity contribution in [2.24, 2.45) is 7.05 Å². The second-order valence-electron chi connectivity index (χ2n) is 10.2. The molecule has 37 heavy (non-hydrogen) atoms. The van der Waals surface area contributed by atoms with E-state index in [-0.39, 0.29) is 5.78 Å². The van der Waals surface area contributed by atoms with E-state index in [1.807, 2.05) is 41.9 Å². The lowest BCUT2D eigenvalue weighted by atomic mass is 10.0. The number of nitrogens with zero attached hydrogens (tertiary/aromatic N) is 4. The number of benzene rings is 2. The van der Waals surface area contributed by atoms with Gasteiger partial charge in [-0.1, -0.05) is 32.4 Å². The summed E-state index contributed by atoms with van der Waals surface area (Å²) in [5.74, 6) is 2.78. The third-order valence-corrected chi connectivity index (χ3v) is 6.91. The number of anilines is 2. The van der Waals surface area contributed by atoms with Crippen LogP contribution in [0.1, 0.15) is 50.3 Å². The summed E-state index contributed by atoms with van der Waals surface area (Å²) in [5.41, 5.74) is 4.88. The molecule has 7 heteroatoms. The molecule has 0 amide bonds. The third kappa shape index (κ3) is 6.17. The van der Waals surface area contributed by atoms with Crippen molar-refractivity contribution >= 4 is 28.5 Å². The first-order valence-electron chi connectivity index (χ1n) is 13.1. The van der Waals surface area contributed by atoms with E-state index in [2.05, 4.69) is 53.3 Å². The number of imidazole rings is 1. The van der Waals surface area contributed by atoms with Crippen LogP contribution >= 0.6 is 0 Å². The number of pyridine rings is 1. The number of hydrogen-bond donors (Lipinski definition) is 1. The van der Waals surface area contributed by atoms with Gasteiger partial charge in [0, 0.05) is 31.1 Å². The summed E-state index contributed by atoms with van der Waals surface area (Å²) in [5, 5.41) is 3.45. The molecule has 2 aromatic heterocycles. The summed E-state index contributed by atoms with van der Waals surface area (Å²) in [6.45, 7) is 6.91. The fraction of sp³-hybridized carbons (Fsp3) is 0.367. The number of rotatable bonds is 9. The number of aromatic nitrogens is 3. The van der Waals surface area contributed by atoms with Gasteiger partial charge in [-0.15, -0.1) is 0 Å². The smallest absolute Gasteiger partial charge is 0.208 e. The van der Waals surface area contributed by atoms with Crippen LogP contribution in [-0.4, -0.2) is 44.9 Å². The average molecular weight is 498 g/mol. The van der Waals surface area contributed by atoms with E-state index in [9.17, 15) is 4.79 Å². The second kappa shape index (κ2) is 11.1. The first kappa shape index (κ1) is 25.0. The molecule has 1 saturated heterocycles. The minimum atomic E-state index is 0.195. The fourth-order valence-electron chi connectivity index (χ4n) is 4.84. The number of fused-ring (bicyclic) bond motifs is 1. The van der Waals surface area contributed by atoms with Gasteiger partial charge >= 0.3 is 0 Å². The van der Waals surface area contributed by atoms with Crippen molar-refractivity contribution < 1.29 is 9.53 Å². The van der Waals surface area contributed by atoms with Gasteiger partial charge in [-0.2, -0.15) is 0 Å². The van der Waals surface area contributed by atoms with Crippen LogP contribution in [0.2, 0.25) is 0 Å². The van der Waals surface area contributed by atoms with E-state index in [0.717, 1.165) is 41.5 Å². The molecule has 0 unspecified atom stereocenters. The highest BCUT2D eigenvalue weighted by Crippen LogP contribution is 2.29. The number of carbonyl (C=O) groups is 1. The molecule has 0 aliphatic carbocycles. The number of hydrogen-bond acceptors (Lipinski definition) is 6. The molecule has 1 fully saturated rings. The van der Waals surface area contributed by atoms with Crippen LogP contribution in [0.4, 0.5) is 11.6 Å². The number of aryl methyl sites for hydroxylation is 1. The number of likely N-dealkylation sites (tertiary alicyclic amines) is 1. The van der Waals surface area contributed by atoms with Gasteiger partial charge in [-0.3, -0.25) is 14.7 Å². The quantitative estimate of drug-likeness (QED) is 0.296. The Bertz CT molecular complexity index is 1390.